The maximum atomic E-state index is 12.4. The van der Waals surface area contributed by atoms with Gasteiger partial charge in [-0.3, -0.25) is 0 Å². The lowest BCUT2D eigenvalue weighted by Gasteiger charge is -2.17. The summed E-state index contributed by atoms with van der Waals surface area (Å²) < 4.78 is 1.43. The first kappa shape index (κ1) is 18.3. The zero-order valence-electron chi connectivity index (χ0n) is 15.1. The number of benzene rings is 2. The second-order valence-corrected chi connectivity index (χ2v) is 6.99. The SMILES string of the molecule is CCN(CC)C(=O)n1ccc(Sc2ccccc2Cc2ccccc2)n1. The number of hydrogen-bond acceptors (Lipinski definition) is 3. The summed E-state index contributed by atoms with van der Waals surface area (Å²) >= 11 is 1.60. The molecule has 0 saturated carbocycles. The van der Waals surface area contributed by atoms with Gasteiger partial charge in [0.2, 0.25) is 0 Å². The molecular formula is C21H23N3OS. The minimum atomic E-state index is -0.0839. The van der Waals surface area contributed by atoms with Crippen molar-refractivity contribution in [3.8, 4) is 0 Å². The normalized spacial score (nSPS) is 10.7. The number of carbonyl (C=O) groups is 1. The molecule has 1 aromatic heterocycles. The minimum absolute atomic E-state index is 0.0839. The van der Waals surface area contributed by atoms with Gasteiger partial charge in [-0.1, -0.05) is 60.3 Å². The van der Waals surface area contributed by atoms with Crippen LogP contribution in [0.3, 0.4) is 0 Å². The maximum absolute atomic E-state index is 12.4. The Hall–Kier alpha value is -2.53. The van der Waals surface area contributed by atoms with Gasteiger partial charge in [-0.15, -0.1) is 0 Å². The van der Waals surface area contributed by atoms with Gasteiger partial charge in [0.15, 0.2) is 0 Å². The molecule has 0 fully saturated rings. The monoisotopic (exact) mass is 365 g/mol. The lowest BCUT2D eigenvalue weighted by Crippen LogP contribution is -2.34. The molecule has 3 aromatic rings. The van der Waals surface area contributed by atoms with Crippen LogP contribution in [0.2, 0.25) is 0 Å². The van der Waals surface area contributed by atoms with Gasteiger partial charge < -0.3 is 4.90 Å². The molecule has 5 heteroatoms. The highest BCUT2D eigenvalue weighted by atomic mass is 32.2. The van der Waals surface area contributed by atoms with Gasteiger partial charge in [-0.2, -0.15) is 9.78 Å². The zero-order chi connectivity index (χ0) is 18.4. The largest absolute Gasteiger partial charge is 0.344 e. The maximum Gasteiger partial charge on any atom is 0.344 e. The standard InChI is InChI=1S/C21H23N3OS/c1-3-23(4-2)21(25)24-15-14-20(22-24)26-19-13-9-8-12-18(19)16-17-10-6-5-7-11-17/h5-15H,3-4,16H2,1-2H3. The van der Waals surface area contributed by atoms with Crippen LogP contribution < -0.4 is 0 Å². The van der Waals surface area contributed by atoms with Crippen molar-refractivity contribution in [2.75, 3.05) is 13.1 Å². The van der Waals surface area contributed by atoms with Crippen molar-refractivity contribution in [2.45, 2.75) is 30.2 Å². The van der Waals surface area contributed by atoms with Gasteiger partial charge >= 0.3 is 6.03 Å². The van der Waals surface area contributed by atoms with E-state index in [0.717, 1.165) is 16.3 Å². The average Bonchev–Trinajstić information content (AvgIpc) is 3.14. The molecule has 1 amide bonds. The molecule has 0 aliphatic heterocycles. The summed E-state index contributed by atoms with van der Waals surface area (Å²) in [5.74, 6) is 0. The van der Waals surface area contributed by atoms with Gasteiger partial charge in [-0.05, 0) is 43.5 Å². The molecule has 3 rings (SSSR count). The molecule has 4 nitrogen and oxygen atoms in total. The van der Waals surface area contributed by atoms with E-state index in [9.17, 15) is 4.79 Å². The van der Waals surface area contributed by atoms with E-state index in [1.807, 2.05) is 32.0 Å². The van der Waals surface area contributed by atoms with E-state index in [-0.39, 0.29) is 6.03 Å². The molecule has 1 heterocycles. The minimum Gasteiger partial charge on any atom is -0.323 e. The van der Waals surface area contributed by atoms with Crippen LogP contribution in [0.4, 0.5) is 4.79 Å². The van der Waals surface area contributed by atoms with E-state index >= 15 is 0 Å². The first-order valence-electron chi connectivity index (χ1n) is 8.86. The number of rotatable bonds is 6. The second kappa shape index (κ2) is 8.72. The summed E-state index contributed by atoms with van der Waals surface area (Å²) in [5, 5.41) is 5.28. The fourth-order valence-corrected chi connectivity index (χ4v) is 3.69. The van der Waals surface area contributed by atoms with Crippen molar-refractivity contribution in [3.05, 3.63) is 78.0 Å². The third-order valence-corrected chi connectivity index (χ3v) is 5.26. The van der Waals surface area contributed by atoms with E-state index < -0.39 is 0 Å². The fourth-order valence-electron chi connectivity index (χ4n) is 2.79. The van der Waals surface area contributed by atoms with Crippen LogP contribution in [0.25, 0.3) is 0 Å². The zero-order valence-corrected chi connectivity index (χ0v) is 15.9. The molecule has 0 atom stereocenters. The molecule has 0 spiro atoms. The first-order chi connectivity index (χ1) is 12.7. The number of aromatic nitrogens is 2. The molecule has 134 valence electrons. The summed E-state index contributed by atoms with van der Waals surface area (Å²) in [4.78, 5) is 15.3. The summed E-state index contributed by atoms with van der Waals surface area (Å²) in [6.45, 7) is 5.30. The average molecular weight is 366 g/mol. The van der Waals surface area contributed by atoms with E-state index in [4.69, 9.17) is 0 Å². The second-order valence-electron chi connectivity index (χ2n) is 5.93. The summed E-state index contributed by atoms with van der Waals surface area (Å²) in [6, 6.07) is 20.6. The summed E-state index contributed by atoms with van der Waals surface area (Å²) in [7, 11) is 0. The highest BCUT2D eigenvalue weighted by Crippen LogP contribution is 2.30. The van der Waals surface area contributed by atoms with Crippen LogP contribution in [-0.4, -0.2) is 33.8 Å². The Morgan fingerprint density at radius 2 is 1.69 bits per heavy atom. The molecule has 2 aromatic carbocycles. The van der Waals surface area contributed by atoms with E-state index in [1.54, 1.807) is 22.9 Å². The van der Waals surface area contributed by atoms with Crippen LogP contribution >= 0.6 is 11.8 Å². The Labute approximate surface area is 158 Å². The molecule has 0 radical (unpaired) electrons. The van der Waals surface area contributed by atoms with Crippen LogP contribution in [0.5, 0.6) is 0 Å². The van der Waals surface area contributed by atoms with Gasteiger partial charge in [0.1, 0.15) is 5.03 Å². The van der Waals surface area contributed by atoms with Crippen molar-refractivity contribution in [1.29, 1.82) is 0 Å². The Morgan fingerprint density at radius 3 is 2.42 bits per heavy atom. The summed E-state index contributed by atoms with van der Waals surface area (Å²) in [6.07, 6.45) is 2.62. The molecule has 0 N–H and O–H groups in total. The Balaban J connectivity index is 1.77. The predicted octanol–water partition coefficient (Wildman–Crippen LogP) is 4.94. The lowest BCUT2D eigenvalue weighted by molar-refractivity contribution is 0.201. The van der Waals surface area contributed by atoms with Gasteiger partial charge in [0.25, 0.3) is 0 Å². The first-order valence-corrected chi connectivity index (χ1v) is 9.67. The van der Waals surface area contributed by atoms with Gasteiger partial charge in [-0.25, -0.2) is 4.79 Å². The molecule has 0 unspecified atom stereocenters. The number of nitrogens with zero attached hydrogens (tertiary/aromatic N) is 3. The summed E-state index contributed by atoms with van der Waals surface area (Å²) in [5.41, 5.74) is 2.54. The molecule has 0 bridgehead atoms. The highest BCUT2D eigenvalue weighted by molar-refractivity contribution is 7.99. The van der Waals surface area contributed by atoms with Crippen molar-refractivity contribution in [2.24, 2.45) is 0 Å². The van der Waals surface area contributed by atoms with Crippen molar-refractivity contribution in [1.82, 2.24) is 14.7 Å². The van der Waals surface area contributed by atoms with Crippen LogP contribution in [0, 0.1) is 0 Å². The number of carbonyl (C=O) groups excluding carboxylic acids is 1. The smallest absolute Gasteiger partial charge is 0.323 e. The predicted molar refractivity (Wildman–Crippen MR) is 106 cm³/mol. The lowest BCUT2D eigenvalue weighted by atomic mass is 10.1. The topological polar surface area (TPSA) is 38.1 Å². The molecular weight excluding hydrogens is 342 g/mol. The molecule has 0 aliphatic carbocycles. The quantitative estimate of drug-likeness (QED) is 0.621. The molecule has 0 saturated heterocycles. The number of hydrogen-bond donors (Lipinski definition) is 0. The van der Waals surface area contributed by atoms with Crippen molar-refractivity contribution < 1.29 is 4.79 Å². The Morgan fingerprint density at radius 1 is 1.00 bits per heavy atom. The number of amides is 1. The van der Waals surface area contributed by atoms with Crippen LogP contribution in [-0.2, 0) is 6.42 Å². The highest BCUT2D eigenvalue weighted by Gasteiger charge is 2.14. The van der Waals surface area contributed by atoms with Gasteiger partial charge in [0, 0.05) is 24.2 Å². The van der Waals surface area contributed by atoms with E-state index in [2.05, 4.69) is 47.6 Å². The Kier molecular flexibility index (Phi) is 6.12. The third kappa shape index (κ3) is 4.35. The fraction of sp³-hybridized carbons (Fsp3) is 0.238. The van der Waals surface area contributed by atoms with E-state index in [1.165, 1.54) is 15.8 Å². The molecule has 0 aliphatic rings. The van der Waals surface area contributed by atoms with Gasteiger partial charge in [0.05, 0.1) is 0 Å². The van der Waals surface area contributed by atoms with Crippen molar-refractivity contribution >= 4 is 17.8 Å². The van der Waals surface area contributed by atoms with E-state index in [0.29, 0.717) is 13.1 Å². The van der Waals surface area contributed by atoms with Crippen LogP contribution in [0.1, 0.15) is 25.0 Å². The molecule has 26 heavy (non-hydrogen) atoms. The van der Waals surface area contributed by atoms with Crippen LogP contribution in [0.15, 0.2) is 76.8 Å². The Bertz CT molecular complexity index is 856. The third-order valence-electron chi connectivity index (χ3n) is 4.22. The van der Waals surface area contributed by atoms with Crippen molar-refractivity contribution in [3.63, 3.8) is 0 Å².